The number of carbonyl (C=O) groups is 2. The lowest BCUT2D eigenvalue weighted by atomic mass is 10.0. The Bertz CT molecular complexity index is 819. The number of hydrogen-bond acceptors (Lipinski definition) is 7. The zero-order valence-corrected chi connectivity index (χ0v) is 25.8. The summed E-state index contributed by atoms with van der Waals surface area (Å²) >= 11 is 0. The number of unbranched alkanes of at least 4 members (excludes halogenated alkanes) is 12. The first-order chi connectivity index (χ1) is 20.7. The maximum Gasteiger partial charge on any atom is 0.243 e. The van der Waals surface area contributed by atoms with E-state index < -0.39 is 6.04 Å². The van der Waals surface area contributed by atoms with Crippen molar-refractivity contribution in [3.8, 4) is 0 Å². The van der Waals surface area contributed by atoms with Gasteiger partial charge in [0.15, 0.2) is 0 Å². The van der Waals surface area contributed by atoms with Crippen molar-refractivity contribution in [2.75, 3.05) is 52.7 Å². The lowest BCUT2D eigenvalue weighted by molar-refractivity contribution is -0.129. The third-order valence-corrected chi connectivity index (χ3v) is 6.83. The van der Waals surface area contributed by atoms with E-state index in [1.807, 2.05) is 0 Å². The lowest BCUT2D eigenvalue weighted by Gasteiger charge is -2.18. The van der Waals surface area contributed by atoms with E-state index in [1.165, 1.54) is 64.2 Å². The van der Waals surface area contributed by atoms with Gasteiger partial charge in [-0.05, 0) is 12.0 Å². The number of amides is 2. The predicted molar refractivity (Wildman–Crippen MR) is 164 cm³/mol. The molecule has 0 aliphatic heterocycles. The number of azide groups is 1. The second-order valence-electron chi connectivity index (χ2n) is 10.5. The van der Waals surface area contributed by atoms with Crippen molar-refractivity contribution >= 4 is 11.8 Å². The number of carbonyl (C=O) groups excluding carboxylic acids is 2. The lowest BCUT2D eigenvalue weighted by Crippen LogP contribution is -2.48. The minimum atomic E-state index is -0.679. The summed E-state index contributed by atoms with van der Waals surface area (Å²) in [7, 11) is 0. The summed E-state index contributed by atoms with van der Waals surface area (Å²) in [5, 5.41) is 9.12. The number of aromatic nitrogens is 2. The molecular weight excluding hydrogens is 538 g/mol. The van der Waals surface area contributed by atoms with E-state index in [9.17, 15) is 9.59 Å². The summed E-state index contributed by atoms with van der Waals surface area (Å²) in [6.45, 7) is 5.22. The van der Waals surface area contributed by atoms with Crippen molar-refractivity contribution < 1.29 is 23.8 Å². The predicted octanol–water partition coefficient (Wildman–Crippen LogP) is 5.39. The summed E-state index contributed by atoms with van der Waals surface area (Å²) < 4.78 is 16.1. The molecule has 1 unspecified atom stereocenters. The van der Waals surface area contributed by atoms with Gasteiger partial charge in [-0.25, -0.2) is 4.98 Å². The van der Waals surface area contributed by atoms with Crippen LogP contribution in [0.3, 0.4) is 0 Å². The Hall–Kier alpha value is -2.66. The van der Waals surface area contributed by atoms with Gasteiger partial charge in [0.05, 0.1) is 46.0 Å². The molecule has 0 radical (unpaired) electrons. The van der Waals surface area contributed by atoms with Crippen molar-refractivity contribution in [1.29, 1.82) is 0 Å². The van der Waals surface area contributed by atoms with E-state index in [1.54, 1.807) is 12.5 Å². The SMILES string of the molecule is CCCCCCCCCCCCCCCC(=O)NC(Cc1cnc[nH]1)C(=O)NCCOCCOCCOCCN=[N+]=[N-]. The van der Waals surface area contributed by atoms with Gasteiger partial charge in [-0.1, -0.05) is 89.1 Å². The normalized spacial score (nSPS) is 11.6. The van der Waals surface area contributed by atoms with Gasteiger partial charge in [-0.15, -0.1) is 0 Å². The number of rotatable bonds is 30. The summed E-state index contributed by atoms with van der Waals surface area (Å²) in [5.41, 5.74) is 8.97. The summed E-state index contributed by atoms with van der Waals surface area (Å²) in [5.74, 6) is -0.353. The van der Waals surface area contributed by atoms with Crippen molar-refractivity contribution in [2.24, 2.45) is 5.11 Å². The fourth-order valence-corrected chi connectivity index (χ4v) is 4.46. The van der Waals surface area contributed by atoms with Crippen LogP contribution >= 0.6 is 0 Å². The molecule has 0 aromatic carbocycles. The number of ether oxygens (including phenoxy) is 3. The maximum atomic E-state index is 12.8. The minimum absolute atomic E-state index is 0.104. The van der Waals surface area contributed by atoms with Crippen LogP contribution in [0.15, 0.2) is 17.6 Å². The highest BCUT2D eigenvalue weighted by Crippen LogP contribution is 2.13. The molecule has 2 amide bonds. The molecular formula is C30H55N7O5. The van der Waals surface area contributed by atoms with Crippen LogP contribution in [0.2, 0.25) is 0 Å². The first-order valence-electron chi connectivity index (χ1n) is 16.0. The number of nitrogens with zero attached hydrogens (tertiary/aromatic N) is 4. The molecule has 240 valence electrons. The molecule has 0 spiro atoms. The van der Waals surface area contributed by atoms with Crippen LogP contribution in [0.4, 0.5) is 0 Å². The molecule has 12 heteroatoms. The third kappa shape index (κ3) is 23.0. The molecule has 0 aliphatic carbocycles. The number of imidazole rings is 1. The minimum Gasteiger partial charge on any atom is -0.379 e. The van der Waals surface area contributed by atoms with Crippen molar-refractivity contribution in [3.05, 3.63) is 28.7 Å². The summed E-state index contributed by atoms with van der Waals surface area (Å²) in [6.07, 6.45) is 20.3. The molecule has 1 aromatic rings. The molecule has 42 heavy (non-hydrogen) atoms. The van der Waals surface area contributed by atoms with Crippen molar-refractivity contribution in [3.63, 3.8) is 0 Å². The molecule has 0 bridgehead atoms. The van der Waals surface area contributed by atoms with Crippen LogP contribution in [-0.4, -0.2) is 80.6 Å². The van der Waals surface area contributed by atoms with Gasteiger partial charge in [0.1, 0.15) is 6.04 Å². The molecule has 1 atom stereocenters. The third-order valence-electron chi connectivity index (χ3n) is 6.83. The average molecular weight is 594 g/mol. The van der Waals surface area contributed by atoms with Gasteiger partial charge in [-0.3, -0.25) is 9.59 Å². The van der Waals surface area contributed by atoms with Gasteiger partial charge in [0.2, 0.25) is 11.8 Å². The van der Waals surface area contributed by atoms with E-state index >= 15 is 0 Å². The number of aromatic amines is 1. The van der Waals surface area contributed by atoms with Gasteiger partial charge in [0, 0.05) is 42.7 Å². The second-order valence-corrected chi connectivity index (χ2v) is 10.5. The standard InChI is InChI=1S/C30H55N7O5/c1-2-3-4-5-6-7-8-9-10-11-12-13-14-15-29(38)36-28(24-27-25-32-26-34-27)30(39)33-16-18-40-20-22-42-23-21-41-19-17-35-37-31/h25-26,28H,2-24H2,1H3,(H,32,34)(H,33,39)(H,36,38). The Balaban J connectivity index is 2.12. The molecule has 1 aromatic heterocycles. The Morgan fingerprint density at radius 1 is 0.881 bits per heavy atom. The van der Waals surface area contributed by atoms with E-state index in [2.05, 4.69) is 37.6 Å². The van der Waals surface area contributed by atoms with E-state index in [4.69, 9.17) is 19.7 Å². The fraction of sp³-hybridized carbons (Fsp3) is 0.833. The zero-order valence-electron chi connectivity index (χ0n) is 25.8. The highest BCUT2D eigenvalue weighted by Gasteiger charge is 2.21. The summed E-state index contributed by atoms with van der Waals surface area (Å²) in [6, 6.07) is -0.679. The summed E-state index contributed by atoms with van der Waals surface area (Å²) in [4.78, 5) is 35.1. The molecule has 0 aliphatic rings. The first kappa shape index (κ1) is 37.4. The Kier molecular flexibility index (Phi) is 25.3. The number of hydrogen-bond donors (Lipinski definition) is 3. The van der Waals surface area contributed by atoms with Crippen LogP contribution < -0.4 is 10.6 Å². The Morgan fingerprint density at radius 2 is 1.45 bits per heavy atom. The smallest absolute Gasteiger partial charge is 0.243 e. The fourth-order valence-electron chi connectivity index (χ4n) is 4.46. The van der Waals surface area contributed by atoms with E-state index in [0.717, 1.165) is 25.0 Å². The zero-order chi connectivity index (χ0) is 30.4. The second kappa shape index (κ2) is 28.5. The quantitative estimate of drug-likeness (QED) is 0.0468. The van der Waals surface area contributed by atoms with E-state index in [-0.39, 0.29) is 11.8 Å². The highest BCUT2D eigenvalue weighted by atomic mass is 16.5. The maximum absolute atomic E-state index is 12.8. The van der Waals surface area contributed by atoms with Crippen molar-refractivity contribution in [1.82, 2.24) is 20.6 Å². The van der Waals surface area contributed by atoms with Gasteiger partial charge in [-0.2, -0.15) is 0 Å². The van der Waals surface area contributed by atoms with E-state index in [0.29, 0.717) is 65.6 Å². The first-order valence-corrected chi connectivity index (χ1v) is 16.0. The molecule has 0 saturated carbocycles. The van der Waals surface area contributed by atoms with Crippen LogP contribution in [0.1, 0.15) is 103 Å². The topological polar surface area (TPSA) is 163 Å². The van der Waals surface area contributed by atoms with Gasteiger partial charge >= 0.3 is 0 Å². The van der Waals surface area contributed by atoms with Crippen molar-refractivity contribution in [2.45, 2.75) is 109 Å². The van der Waals surface area contributed by atoms with Gasteiger partial charge in [0.25, 0.3) is 0 Å². The van der Waals surface area contributed by atoms with Crippen LogP contribution in [-0.2, 0) is 30.2 Å². The molecule has 1 heterocycles. The largest absolute Gasteiger partial charge is 0.379 e. The van der Waals surface area contributed by atoms with Crippen LogP contribution in [0.5, 0.6) is 0 Å². The Morgan fingerprint density at radius 3 is 2.02 bits per heavy atom. The molecule has 1 rings (SSSR count). The number of nitrogens with one attached hydrogen (secondary N) is 3. The monoisotopic (exact) mass is 593 g/mol. The van der Waals surface area contributed by atoms with Gasteiger partial charge < -0.3 is 29.8 Å². The Labute approximate surface area is 252 Å². The highest BCUT2D eigenvalue weighted by molar-refractivity contribution is 5.87. The molecule has 0 fully saturated rings. The number of H-pyrrole nitrogens is 1. The average Bonchev–Trinajstić information content (AvgIpc) is 3.50. The van der Waals surface area contributed by atoms with Crippen LogP contribution in [0.25, 0.3) is 10.4 Å². The molecule has 3 N–H and O–H groups in total. The molecule has 0 saturated heterocycles. The molecule has 12 nitrogen and oxygen atoms in total. The van der Waals surface area contributed by atoms with Crippen LogP contribution in [0, 0.1) is 0 Å².